The molecule has 1 aliphatic heterocycles. The quantitative estimate of drug-likeness (QED) is 0.693. The molecular formula is C9H6BrF2N. The molecule has 0 aromatic heterocycles. The highest BCUT2D eigenvalue weighted by molar-refractivity contribution is 9.10. The first-order chi connectivity index (χ1) is 6.20. The van der Waals surface area contributed by atoms with Gasteiger partial charge in [-0.2, -0.15) is 0 Å². The smallest absolute Gasteiger partial charge is 0.149 e. The topological polar surface area (TPSA) is 12.0 Å². The Hall–Kier alpha value is -0.900. The number of anilines is 1. The Morgan fingerprint density at radius 2 is 2.15 bits per heavy atom. The van der Waals surface area contributed by atoms with Gasteiger partial charge < -0.3 is 5.32 Å². The van der Waals surface area contributed by atoms with Crippen LogP contribution in [0.3, 0.4) is 0 Å². The van der Waals surface area contributed by atoms with Crippen molar-refractivity contribution in [3.05, 3.63) is 33.8 Å². The first kappa shape index (κ1) is 8.69. The summed E-state index contributed by atoms with van der Waals surface area (Å²) < 4.78 is 26.3. The van der Waals surface area contributed by atoms with Crippen LogP contribution in [0.2, 0.25) is 0 Å². The van der Waals surface area contributed by atoms with E-state index in [9.17, 15) is 8.78 Å². The molecule has 0 saturated carbocycles. The van der Waals surface area contributed by atoms with Crippen molar-refractivity contribution in [3.63, 3.8) is 0 Å². The van der Waals surface area contributed by atoms with E-state index in [1.54, 1.807) is 12.2 Å². The van der Waals surface area contributed by atoms with E-state index in [0.717, 1.165) is 0 Å². The highest BCUT2D eigenvalue weighted by Crippen LogP contribution is 2.31. The summed E-state index contributed by atoms with van der Waals surface area (Å²) in [5, 5.41) is 2.88. The summed E-state index contributed by atoms with van der Waals surface area (Å²) in [7, 11) is 0. The van der Waals surface area contributed by atoms with Crippen molar-refractivity contribution in [1.29, 1.82) is 0 Å². The number of hydrogen-bond donors (Lipinski definition) is 1. The maximum Gasteiger partial charge on any atom is 0.149 e. The summed E-state index contributed by atoms with van der Waals surface area (Å²) in [5.74, 6) is -1.14. The van der Waals surface area contributed by atoms with Crippen LogP contribution in [0, 0.1) is 11.6 Å². The van der Waals surface area contributed by atoms with Crippen LogP contribution in [0.1, 0.15) is 5.56 Å². The standard InChI is InChI=1S/C9H6BrF2N/c10-8-6(11)4-7-5(9(8)12)2-1-3-13-7/h1-2,4,13H,3H2. The van der Waals surface area contributed by atoms with E-state index in [1.165, 1.54) is 6.07 Å². The van der Waals surface area contributed by atoms with Crippen LogP contribution in [0.4, 0.5) is 14.5 Å². The van der Waals surface area contributed by atoms with E-state index in [-0.39, 0.29) is 4.47 Å². The van der Waals surface area contributed by atoms with Gasteiger partial charge in [0, 0.05) is 17.8 Å². The molecule has 0 spiro atoms. The Kier molecular flexibility index (Phi) is 2.07. The molecule has 1 N–H and O–H groups in total. The van der Waals surface area contributed by atoms with Gasteiger partial charge in [0.2, 0.25) is 0 Å². The van der Waals surface area contributed by atoms with Gasteiger partial charge in [-0.05, 0) is 22.0 Å². The van der Waals surface area contributed by atoms with Crippen LogP contribution >= 0.6 is 15.9 Å². The van der Waals surface area contributed by atoms with Gasteiger partial charge in [-0.1, -0.05) is 12.2 Å². The number of benzene rings is 1. The molecule has 0 atom stereocenters. The lowest BCUT2D eigenvalue weighted by Gasteiger charge is -2.14. The molecule has 13 heavy (non-hydrogen) atoms. The number of rotatable bonds is 0. The van der Waals surface area contributed by atoms with Crippen molar-refractivity contribution in [2.45, 2.75) is 0 Å². The van der Waals surface area contributed by atoms with Crippen molar-refractivity contribution >= 4 is 27.7 Å². The van der Waals surface area contributed by atoms with Crippen molar-refractivity contribution in [1.82, 2.24) is 0 Å². The third-order valence-corrected chi connectivity index (χ3v) is 2.62. The summed E-state index contributed by atoms with van der Waals surface area (Å²) in [6, 6.07) is 1.28. The number of halogens is 3. The lowest BCUT2D eigenvalue weighted by molar-refractivity contribution is 0.570. The predicted octanol–water partition coefficient (Wildman–Crippen LogP) is 3.17. The highest BCUT2D eigenvalue weighted by Gasteiger charge is 2.16. The molecule has 0 radical (unpaired) electrons. The zero-order valence-electron chi connectivity index (χ0n) is 6.57. The monoisotopic (exact) mass is 245 g/mol. The van der Waals surface area contributed by atoms with Crippen LogP contribution in [-0.2, 0) is 0 Å². The van der Waals surface area contributed by atoms with Crippen LogP contribution in [0.25, 0.3) is 6.08 Å². The molecule has 1 heterocycles. The van der Waals surface area contributed by atoms with E-state index >= 15 is 0 Å². The molecule has 0 saturated heterocycles. The minimum Gasteiger partial charge on any atom is -0.381 e. The SMILES string of the molecule is Fc1cc2c(c(F)c1Br)C=CCN2. The lowest BCUT2D eigenvalue weighted by atomic mass is 10.1. The highest BCUT2D eigenvalue weighted by atomic mass is 79.9. The average Bonchev–Trinajstić information content (AvgIpc) is 2.15. The molecule has 1 nitrogen and oxygen atoms in total. The van der Waals surface area contributed by atoms with Gasteiger partial charge in [0.25, 0.3) is 0 Å². The molecule has 0 aliphatic carbocycles. The number of hydrogen-bond acceptors (Lipinski definition) is 1. The molecular weight excluding hydrogens is 240 g/mol. The fourth-order valence-electron chi connectivity index (χ4n) is 1.26. The number of nitrogens with one attached hydrogen (secondary N) is 1. The maximum atomic E-state index is 13.4. The fourth-order valence-corrected chi connectivity index (χ4v) is 1.59. The number of fused-ring (bicyclic) bond motifs is 1. The zero-order valence-corrected chi connectivity index (χ0v) is 8.16. The van der Waals surface area contributed by atoms with Crippen molar-refractivity contribution in [3.8, 4) is 0 Å². The second-order valence-electron chi connectivity index (χ2n) is 2.73. The van der Waals surface area contributed by atoms with Crippen LogP contribution < -0.4 is 5.32 Å². The molecule has 2 rings (SSSR count). The third kappa shape index (κ3) is 1.35. The van der Waals surface area contributed by atoms with Gasteiger partial charge in [-0.3, -0.25) is 0 Å². The van der Waals surface area contributed by atoms with E-state index in [4.69, 9.17) is 0 Å². The lowest BCUT2D eigenvalue weighted by Crippen LogP contribution is -2.07. The largest absolute Gasteiger partial charge is 0.381 e. The Morgan fingerprint density at radius 3 is 2.92 bits per heavy atom. The third-order valence-electron chi connectivity index (χ3n) is 1.89. The molecule has 68 valence electrons. The van der Waals surface area contributed by atoms with Gasteiger partial charge in [0.15, 0.2) is 0 Å². The zero-order chi connectivity index (χ0) is 9.42. The summed E-state index contributed by atoms with van der Waals surface area (Å²) >= 11 is 2.85. The second kappa shape index (κ2) is 3.10. The molecule has 1 aromatic rings. The summed E-state index contributed by atoms with van der Waals surface area (Å²) in [5.41, 5.74) is 0.903. The first-order valence-electron chi connectivity index (χ1n) is 3.78. The molecule has 0 amide bonds. The minimum absolute atomic E-state index is 0.111. The van der Waals surface area contributed by atoms with Gasteiger partial charge in [0.05, 0.1) is 4.47 Å². The predicted molar refractivity (Wildman–Crippen MR) is 51.6 cm³/mol. The Bertz CT molecular complexity index is 388. The fraction of sp³-hybridized carbons (Fsp3) is 0.111. The van der Waals surface area contributed by atoms with Crippen molar-refractivity contribution < 1.29 is 8.78 Å². The van der Waals surface area contributed by atoms with Gasteiger partial charge >= 0.3 is 0 Å². The molecule has 0 bridgehead atoms. The van der Waals surface area contributed by atoms with E-state index in [0.29, 0.717) is 17.8 Å². The van der Waals surface area contributed by atoms with E-state index in [1.807, 2.05) is 0 Å². The normalized spacial score (nSPS) is 13.8. The molecule has 0 unspecified atom stereocenters. The first-order valence-corrected chi connectivity index (χ1v) is 4.57. The second-order valence-corrected chi connectivity index (χ2v) is 3.52. The van der Waals surface area contributed by atoms with Gasteiger partial charge in [-0.25, -0.2) is 8.78 Å². The van der Waals surface area contributed by atoms with Crippen molar-refractivity contribution in [2.75, 3.05) is 11.9 Å². The Balaban J connectivity index is 2.69. The summed E-state index contributed by atoms with van der Waals surface area (Å²) in [4.78, 5) is 0. The average molecular weight is 246 g/mol. The minimum atomic E-state index is -0.584. The summed E-state index contributed by atoms with van der Waals surface area (Å²) in [6.45, 7) is 0.605. The summed E-state index contributed by atoms with van der Waals surface area (Å²) in [6.07, 6.45) is 3.43. The van der Waals surface area contributed by atoms with E-state index in [2.05, 4.69) is 21.2 Å². The molecule has 4 heteroatoms. The Labute approximate surface area is 82.6 Å². The maximum absolute atomic E-state index is 13.4. The Morgan fingerprint density at radius 1 is 1.38 bits per heavy atom. The van der Waals surface area contributed by atoms with Gasteiger partial charge in [0.1, 0.15) is 11.6 Å². The molecule has 0 fully saturated rings. The molecule has 1 aromatic carbocycles. The van der Waals surface area contributed by atoms with Gasteiger partial charge in [-0.15, -0.1) is 0 Å². The van der Waals surface area contributed by atoms with Crippen molar-refractivity contribution in [2.24, 2.45) is 0 Å². The molecule has 1 aliphatic rings. The van der Waals surface area contributed by atoms with Crippen LogP contribution in [-0.4, -0.2) is 6.54 Å². The van der Waals surface area contributed by atoms with Crippen LogP contribution in [0.5, 0.6) is 0 Å². The van der Waals surface area contributed by atoms with Crippen LogP contribution in [0.15, 0.2) is 16.6 Å². The van der Waals surface area contributed by atoms with E-state index < -0.39 is 11.6 Å².